The van der Waals surface area contributed by atoms with Crippen molar-refractivity contribution in [1.29, 1.82) is 0 Å². The van der Waals surface area contributed by atoms with Crippen LogP contribution in [0, 0.1) is 17.8 Å². The Bertz CT molecular complexity index is 564. The van der Waals surface area contributed by atoms with E-state index in [2.05, 4.69) is 72.4 Å². The Morgan fingerprint density at radius 3 is 1.29 bits per heavy atom. The second-order valence-corrected chi connectivity index (χ2v) is 12.3. The monoisotopic (exact) mass is 470 g/mol. The Morgan fingerprint density at radius 1 is 0.588 bits per heavy atom. The Hall–Kier alpha value is -1.08. The summed E-state index contributed by atoms with van der Waals surface area (Å²) < 4.78 is 1.30. The zero-order chi connectivity index (χ0) is 25.2. The van der Waals surface area contributed by atoms with E-state index in [1.54, 1.807) is 0 Å². The SMILES string of the molecule is C=Cc1ccc(C[N+](CCCCCC(C)C)(CCCCCC(C)C)CCCCCC(C)C)cc1. The van der Waals surface area contributed by atoms with E-state index >= 15 is 0 Å². The predicted molar refractivity (Wildman–Crippen MR) is 155 cm³/mol. The molecule has 0 amide bonds. The van der Waals surface area contributed by atoms with Gasteiger partial charge in [0, 0.05) is 5.56 Å². The highest BCUT2D eigenvalue weighted by Crippen LogP contribution is 2.23. The number of hydrogen-bond donors (Lipinski definition) is 0. The molecule has 0 saturated heterocycles. The lowest BCUT2D eigenvalue weighted by molar-refractivity contribution is -0.941. The van der Waals surface area contributed by atoms with Crippen molar-refractivity contribution in [1.82, 2.24) is 0 Å². The molecule has 1 nitrogen and oxygen atoms in total. The maximum absolute atomic E-state index is 3.94. The average molecular weight is 471 g/mol. The molecule has 1 rings (SSSR count). The normalized spacial score (nSPS) is 12.3. The smallest absolute Gasteiger partial charge is 0.104 e. The van der Waals surface area contributed by atoms with Crippen molar-refractivity contribution in [3.63, 3.8) is 0 Å². The van der Waals surface area contributed by atoms with Crippen LogP contribution < -0.4 is 0 Å². The number of rotatable bonds is 21. The van der Waals surface area contributed by atoms with Crippen LogP contribution in [0.15, 0.2) is 30.8 Å². The molecule has 0 fully saturated rings. The van der Waals surface area contributed by atoms with Crippen LogP contribution in [0.25, 0.3) is 6.08 Å². The quantitative estimate of drug-likeness (QED) is 0.124. The Kier molecular flexibility index (Phi) is 16.6. The van der Waals surface area contributed by atoms with Gasteiger partial charge in [0.05, 0.1) is 19.6 Å². The minimum atomic E-state index is 0.838. The van der Waals surface area contributed by atoms with Gasteiger partial charge >= 0.3 is 0 Å². The molecule has 0 aliphatic carbocycles. The number of nitrogens with zero attached hydrogens (tertiary/aromatic N) is 1. The molecule has 1 heteroatoms. The first-order valence-corrected chi connectivity index (χ1v) is 14.8. The van der Waals surface area contributed by atoms with Crippen LogP contribution in [0.4, 0.5) is 0 Å². The third kappa shape index (κ3) is 15.0. The van der Waals surface area contributed by atoms with Gasteiger partial charge in [-0.05, 0) is 61.8 Å². The summed E-state index contributed by atoms with van der Waals surface area (Å²) in [5, 5.41) is 0. The molecule has 34 heavy (non-hydrogen) atoms. The topological polar surface area (TPSA) is 0 Å². The van der Waals surface area contributed by atoms with Gasteiger partial charge in [-0.1, -0.05) is 117 Å². The molecular weight excluding hydrogens is 410 g/mol. The van der Waals surface area contributed by atoms with E-state index in [9.17, 15) is 0 Å². The van der Waals surface area contributed by atoms with Gasteiger partial charge in [0.15, 0.2) is 0 Å². The molecule has 0 aliphatic heterocycles. The summed E-state index contributed by atoms with van der Waals surface area (Å²) >= 11 is 0. The predicted octanol–water partition coefficient (Wildman–Crippen LogP) is 10.3. The molecule has 0 N–H and O–H groups in total. The molecule has 0 unspecified atom stereocenters. The van der Waals surface area contributed by atoms with E-state index < -0.39 is 0 Å². The maximum Gasteiger partial charge on any atom is 0.104 e. The van der Waals surface area contributed by atoms with Crippen LogP contribution in [0.1, 0.15) is 130 Å². The highest BCUT2D eigenvalue weighted by Gasteiger charge is 2.27. The minimum Gasteiger partial charge on any atom is -0.320 e. The molecule has 1 aromatic rings. The van der Waals surface area contributed by atoms with Gasteiger partial charge in [-0.2, -0.15) is 0 Å². The Morgan fingerprint density at radius 2 is 0.971 bits per heavy atom. The van der Waals surface area contributed by atoms with E-state index in [0.717, 1.165) is 17.8 Å². The van der Waals surface area contributed by atoms with Gasteiger partial charge in [0.1, 0.15) is 6.54 Å². The van der Waals surface area contributed by atoms with Crippen LogP contribution >= 0.6 is 0 Å². The van der Waals surface area contributed by atoms with Crippen LogP contribution in [0.5, 0.6) is 0 Å². The minimum absolute atomic E-state index is 0.838. The molecule has 0 heterocycles. The third-order valence-corrected chi connectivity index (χ3v) is 7.48. The molecule has 0 bridgehead atoms. The molecule has 0 radical (unpaired) electrons. The fourth-order valence-electron chi connectivity index (χ4n) is 5.25. The summed E-state index contributed by atoms with van der Waals surface area (Å²) in [6, 6.07) is 9.23. The molecule has 0 atom stereocenters. The van der Waals surface area contributed by atoms with Crippen molar-refractivity contribution < 1.29 is 4.48 Å². The lowest BCUT2D eigenvalue weighted by Gasteiger charge is -2.40. The standard InChI is InChI=1S/C33H60N/c1-8-32-21-23-33(24-22-32)28-34(25-15-9-12-18-29(2)3,26-16-10-13-19-30(4)5)27-17-11-14-20-31(6)7/h8,21-24,29-31H,1,9-20,25-28H2,2-7H3/q+1. The summed E-state index contributed by atoms with van der Waals surface area (Å²) in [4.78, 5) is 0. The van der Waals surface area contributed by atoms with Gasteiger partial charge in [-0.25, -0.2) is 0 Å². The van der Waals surface area contributed by atoms with Crippen molar-refractivity contribution in [2.24, 2.45) is 17.8 Å². The summed E-state index contributed by atoms with van der Waals surface area (Å²) in [6.07, 6.45) is 18.6. The Balaban J connectivity index is 2.87. The molecule has 0 aliphatic rings. The molecule has 0 saturated carbocycles. The van der Waals surface area contributed by atoms with E-state index in [-0.39, 0.29) is 0 Å². The second kappa shape index (κ2) is 18.2. The molecular formula is C33H60N+. The first-order chi connectivity index (χ1) is 16.3. The second-order valence-electron chi connectivity index (χ2n) is 12.3. The summed E-state index contributed by atoms with van der Waals surface area (Å²) in [6.45, 7) is 23.4. The largest absolute Gasteiger partial charge is 0.320 e. The van der Waals surface area contributed by atoms with E-state index in [0.29, 0.717) is 0 Å². The molecule has 0 aromatic heterocycles. The van der Waals surface area contributed by atoms with Crippen molar-refractivity contribution in [2.75, 3.05) is 19.6 Å². The van der Waals surface area contributed by atoms with Gasteiger partial charge < -0.3 is 4.48 Å². The average Bonchev–Trinajstić information content (AvgIpc) is 2.78. The van der Waals surface area contributed by atoms with Crippen LogP contribution in [0.2, 0.25) is 0 Å². The molecule has 0 spiro atoms. The Labute approximate surface area is 215 Å². The summed E-state index contributed by atoms with van der Waals surface area (Å²) in [7, 11) is 0. The number of benzene rings is 1. The van der Waals surface area contributed by atoms with Crippen LogP contribution in [-0.4, -0.2) is 24.1 Å². The highest BCUT2D eigenvalue weighted by molar-refractivity contribution is 5.47. The fraction of sp³-hybridized carbons (Fsp3) is 0.758. The first-order valence-electron chi connectivity index (χ1n) is 14.8. The van der Waals surface area contributed by atoms with Gasteiger partial charge in [0.2, 0.25) is 0 Å². The summed E-state index contributed by atoms with van der Waals surface area (Å²) in [5.74, 6) is 2.51. The molecule has 196 valence electrons. The van der Waals surface area contributed by atoms with Crippen LogP contribution in [-0.2, 0) is 6.54 Å². The lowest BCUT2D eigenvalue weighted by Crippen LogP contribution is -2.49. The van der Waals surface area contributed by atoms with Crippen molar-refractivity contribution >= 4 is 6.08 Å². The fourth-order valence-corrected chi connectivity index (χ4v) is 5.25. The summed E-state index contributed by atoms with van der Waals surface area (Å²) in [5.41, 5.74) is 2.75. The molecule has 1 aromatic carbocycles. The third-order valence-electron chi connectivity index (χ3n) is 7.48. The lowest BCUT2D eigenvalue weighted by atomic mass is 10.0. The van der Waals surface area contributed by atoms with Crippen molar-refractivity contribution in [3.8, 4) is 0 Å². The van der Waals surface area contributed by atoms with Crippen LogP contribution in [0.3, 0.4) is 0 Å². The van der Waals surface area contributed by atoms with E-state index in [4.69, 9.17) is 0 Å². The van der Waals surface area contributed by atoms with E-state index in [1.807, 2.05) is 6.08 Å². The van der Waals surface area contributed by atoms with E-state index in [1.165, 1.54) is 119 Å². The zero-order valence-electron chi connectivity index (χ0n) is 24.1. The van der Waals surface area contributed by atoms with Crippen molar-refractivity contribution in [2.45, 2.75) is 125 Å². The number of unbranched alkanes of at least 4 members (excludes halogenated alkanes) is 6. The number of quaternary nitrogens is 1. The number of hydrogen-bond acceptors (Lipinski definition) is 0. The zero-order valence-corrected chi connectivity index (χ0v) is 24.1. The first kappa shape index (κ1) is 31.0. The maximum atomic E-state index is 3.94. The van der Waals surface area contributed by atoms with Crippen molar-refractivity contribution in [3.05, 3.63) is 42.0 Å². The van der Waals surface area contributed by atoms with Gasteiger partial charge in [0.25, 0.3) is 0 Å². The van der Waals surface area contributed by atoms with Gasteiger partial charge in [-0.15, -0.1) is 0 Å². The highest BCUT2D eigenvalue weighted by atomic mass is 15.3. The van der Waals surface area contributed by atoms with Gasteiger partial charge in [-0.3, -0.25) is 0 Å².